The van der Waals surface area contributed by atoms with Crippen molar-refractivity contribution < 1.29 is 0 Å². The minimum atomic E-state index is 0.487. The van der Waals surface area contributed by atoms with Crippen molar-refractivity contribution in [2.24, 2.45) is 0 Å². The normalized spacial score (nSPS) is 11.0. The number of fused-ring (bicyclic) bond motifs is 3. The summed E-state index contributed by atoms with van der Waals surface area (Å²) in [4.78, 5) is 8.66. The SMILES string of the molecule is Clc1nc2ncccc2c2cc(NCc3ccccc3)ccc12. The van der Waals surface area contributed by atoms with Gasteiger partial charge in [0.05, 0.1) is 0 Å². The van der Waals surface area contributed by atoms with Crippen LogP contribution in [0.25, 0.3) is 21.8 Å². The van der Waals surface area contributed by atoms with Crippen LogP contribution in [0.2, 0.25) is 5.15 Å². The lowest BCUT2D eigenvalue weighted by Gasteiger charge is -2.10. The minimum Gasteiger partial charge on any atom is -0.381 e. The first-order valence-corrected chi connectivity index (χ1v) is 7.81. The van der Waals surface area contributed by atoms with Crippen LogP contribution in [-0.2, 0) is 6.54 Å². The molecule has 0 unspecified atom stereocenters. The Labute approximate surface area is 139 Å². The average molecular weight is 320 g/mol. The number of hydrogen-bond acceptors (Lipinski definition) is 3. The number of nitrogens with zero attached hydrogens (tertiary/aromatic N) is 2. The Morgan fingerprint density at radius 3 is 2.61 bits per heavy atom. The summed E-state index contributed by atoms with van der Waals surface area (Å²) >= 11 is 6.29. The molecule has 112 valence electrons. The van der Waals surface area contributed by atoms with E-state index in [1.54, 1.807) is 6.20 Å². The molecule has 0 saturated heterocycles. The van der Waals surface area contributed by atoms with E-state index in [9.17, 15) is 0 Å². The van der Waals surface area contributed by atoms with E-state index in [2.05, 4.69) is 33.5 Å². The Bertz CT molecular complexity index is 984. The van der Waals surface area contributed by atoms with Gasteiger partial charge in [-0.15, -0.1) is 0 Å². The van der Waals surface area contributed by atoms with Crippen LogP contribution < -0.4 is 5.32 Å². The second kappa shape index (κ2) is 5.86. The van der Waals surface area contributed by atoms with Crippen LogP contribution in [0.3, 0.4) is 0 Å². The molecule has 0 fully saturated rings. The van der Waals surface area contributed by atoms with E-state index in [0.29, 0.717) is 10.8 Å². The quantitative estimate of drug-likeness (QED) is 0.424. The van der Waals surface area contributed by atoms with Crippen molar-refractivity contribution in [2.45, 2.75) is 6.54 Å². The van der Waals surface area contributed by atoms with E-state index in [-0.39, 0.29) is 0 Å². The van der Waals surface area contributed by atoms with Gasteiger partial charge in [0.1, 0.15) is 5.15 Å². The molecule has 3 nitrogen and oxygen atoms in total. The predicted octanol–water partition coefficient (Wildman–Crippen LogP) is 5.05. The maximum atomic E-state index is 6.29. The van der Waals surface area contributed by atoms with E-state index in [4.69, 9.17) is 11.6 Å². The molecule has 0 bridgehead atoms. The predicted molar refractivity (Wildman–Crippen MR) is 95.8 cm³/mol. The van der Waals surface area contributed by atoms with Gasteiger partial charge < -0.3 is 5.32 Å². The van der Waals surface area contributed by atoms with Gasteiger partial charge >= 0.3 is 0 Å². The van der Waals surface area contributed by atoms with Crippen LogP contribution in [0.4, 0.5) is 5.69 Å². The zero-order valence-corrected chi connectivity index (χ0v) is 13.1. The number of rotatable bonds is 3. The van der Waals surface area contributed by atoms with Crippen LogP contribution in [-0.4, -0.2) is 9.97 Å². The maximum Gasteiger partial charge on any atom is 0.161 e. The first kappa shape index (κ1) is 14.0. The summed E-state index contributed by atoms with van der Waals surface area (Å²) in [6.45, 7) is 0.779. The molecular weight excluding hydrogens is 306 g/mol. The Morgan fingerprint density at radius 1 is 0.870 bits per heavy atom. The van der Waals surface area contributed by atoms with Gasteiger partial charge in [0, 0.05) is 29.2 Å². The molecule has 0 saturated carbocycles. The van der Waals surface area contributed by atoms with Crippen LogP contribution in [0.1, 0.15) is 5.56 Å². The van der Waals surface area contributed by atoms with Crippen LogP contribution in [0.5, 0.6) is 0 Å². The van der Waals surface area contributed by atoms with Crippen molar-refractivity contribution in [3.63, 3.8) is 0 Å². The standard InChI is InChI=1S/C19H14ClN3/c20-18-15-9-8-14(22-12-13-5-2-1-3-6-13)11-17(15)16-7-4-10-21-19(16)23-18/h1-11,22H,12H2. The molecule has 0 atom stereocenters. The molecule has 23 heavy (non-hydrogen) atoms. The highest BCUT2D eigenvalue weighted by atomic mass is 35.5. The van der Waals surface area contributed by atoms with Crippen molar-refractivity contribution in [1.82, 2.24) is 9.97 Å². The van der Waals surface area contributed by atoms with Gasteiger partial charge in [0.25, 0.3) is 0 Å². The first-order valence-electron chi connectivity index (χ1n) is 7.43. The van der Waals surface area contributed by atoms with Crippen molar-refractivity contribution in [3.05, 3.63) is 77.6 Å². The molecule has 0 aliphatic heterocycles. The van der Waals surface area contributed by atoms with Crippen LogP contribution in [0, 0.1) is 0 Å². The molecule has 2 aromatic heterocycles. The molecule has 4 aromatic rings. The molecule has 0 aliphatic carbocycles. The number of halogens is 1. The third-order valence-electron chi connectivity index (χ3n) is 3.86. The summed E-state index contributed by atoms with van der Waals surface area (Å²) in [7, 11) is 0. The topological polar surface area (TPSA) is 37.8 Å². The number of nitrogens with one attached hydrogen (secondary N) is 1. The number of anilines is 1. The summed E-state index contributed by atoms with van der Waals surface area (Å²) in [5, 5.41) is 6.95. The zero-order chi connectivity index (χ0) is 15.6. The largest absolute Gasteiger partial charge is 0.381 e. The number of aromatic nitrogens is 2. The smallest absolute Gasteiger partial charge is 0.161 e. The molecule has 4 rings (SSSR count). The van der Waals surface area contributed by atoms with Gasteiger partial charge in [-0.3, -0.25) is 0 Å². The van der Waals surface area contributed by atoms with Gasteiger partial charge in [-0.25, -0.2) is 9.97 Å². The van der Waals surface area contributed by atoms with Crippen molar-refractivity contribution in [1.29, 1.82) is 0 Å². The second-order valence-electron chi connectivity index (χ2n) is 5.38. The van der Waals surface area contributed by atoms with Gasteiger partial charge in [-0.05, 0) is 41.3 Å². The van der Waals surface area contributed by atoms with Gasteiger partial charge in [0.2, 0.25) is 0 Å². The van der Waals surface area contributed by atoms with E-state index >= 15 is 0 Å². The molecule has 1 N–H and O–H groups in total. The molecule has 0 spiro atoms. The maximum absolute atomic E-state index is 6.29. The van der Waals surface area contributed by atoms with Crippen molar-refractivity contribution >= 4 is 39.1 Å². The molecule has 0 aliphatic rings. The fourth-order valence-corrected chi connectivity index (χ4v) is 2.95. The summed E-state index contributed by atoms with van der Waals surface area (Å²) in [5.41, 5.74) is 2.96. The summed E-state index contributed by atoms with van der Waals surface area (Å²) in [5.74, 6) is 0. The number of benzene rings is 2. The zero-order valence-electron chi connectivity index (χ0n) is 12.3. The third kappa shape index (κ3) is 2.71. The van der Waals surface area contributed by atoms with Crippen molar-refractivity contribution in [3.8, 4) is 0 Å². The van der Waals surface area contributed by atoms with Gasteiger partial charge in [-0.1, -0.05) is 41.9 Å². The fourth-order valence-electron chi connectivity index (χ4n) is 2.71. The van der Waals surface area contributed by atoms with E-state index in [0.717, 1.165) is 28.4 Å². The highest BCUT2D eigenvalue weighted by Gasteiger charge is 2.08. The average Bonchev–Trinajstić information content (AvgIpc) is 2.61. The molecule has 4 heteroatoms. The van der Waals surface area contributed by atoms with E-state index in [1.807, 2.05) is 42.5 Å². The van der Waals surface area contributed by atoms with Crippen LogP contribution >= 0.6 is 11.6 Å². The van der Waals surface area contributed by atoms with E-state index in [1.165, 1.54) is 5.56 Å². The number of hydrogen-bond donors (Lipinski definition) is 1. The summed E-state index contributed by atoms with van der Waals surface area (Å²) < 4.78 is 0. The Balaban J connectivity index is 1.76. The monoisotopic (exact) mass is 319 g/mol. The Hall–Kier alpha value is -2.65. The molecule has 0 amide bonds. The summed E-state index contributed by atoms with van der Waals surface area (Å²) in [6.07, 6.45) is 1.73. The second-order valence-corrected chi connectivity index (χ2v) is 5.73. The van der Waals surface area contributed by atoms with Gasteiger partial charge in [0.15, 0.2) is 5.65 Å². The molecular formula is C19H14ClN3. The van der Waals surface area contributed by atoms with Crippen molar-refractivity contribution in [2.75, 3.05) is 5.32 Å². The van der Waals surface area contributed by atoms with E-state index < -0.39 is 0 Å². The molecule has 2 aromatic carbocycles. The van der Waals surface area contributed by atoms with Crippen LogP contribution in [0.15, 0.2) is 66.9 Å². The highest BCUT2D eigenvalue weighted by Crippen LogP contribution is 2.30. The fraction of sp³-hybridized carbons (Fsp3) is 0.0526. The molecule has 0 radical (unpaired) electrons. The molecule has 2 heterocycles. The Kier molecular flexibility index (Phi) is 3.56. The number of pyridine rings is 2. The minimum absolute atomic E-state index is 0.487. The Morgan fingerprint density at radius 2 is 1.74 bits per heavy atom. The summed E-state index contributed by atoms with van der Waals surface area (Å²) in [6, 6.07) is 20.4. The highest BCUT2D eigenvalue weighted by molar-refractivity contribution is 6.35. The first-order chi connectivity index (χ1) is 11.3. The lowest BCUT2D eigenvalue weighted by Crippen LogP contribution is -1.99. The third-order valence-corrected chi connectivity index (χ3v) is 4.15. The lowest BCUT2D eigenvalue weighted by molar-refractivity contribution is 1.15. The van der Waals surface area contributed by atoms with Gasteiger partial charge in [-0.2, -0.15) is 0 Å². The lowest BCUT2D eigenvalue weighted by atomic mass is 10.1.